The van der Waals surface area contributed by atoms with Crippen molar-refractivity contribution in [2.75, 3.05) is 0 Å². The van der Waals surface area contributed by atoms with Gasteiger partial charge in [-0.3, -0.25) is 0 Å². The van der Waals surface area contributed by atoms with Gasteiger partial charge >= 0.3 is 17.4 Å². The molecule has 0 amide bonds. The number of hydrogen-bond acceptors (Lipinski definition) is 6. The molecule has 210 valence electrons. The molecule has 0 aliphatic carbocycles. The zero-order valence-corrected chi connectivity index (χ0v) is 26.9. The average molecular weight is 559 g/mol. The third-order valence-corrected chi connectivity index (χ3v) is 7.71. The number of rotatable bonds is 3. The summed E-state index contributed by atoms with van der Waals surface area (Å²) in [5.41, 5.74) is 11.9. The first-order chi connectivity index (χ1) is 17.8. The normalized spacial score (nSPS) is 9.90. The number of carbonyl (C=O) groups is 3. The molecule has 0 bridgehead atoms. The van der Waals surface area contributed by atoms with Gasteiger partial charge in [0.15, 0.2) is 0 Å². The molecule has 0 saturated carbocycles. The molecular formula is C33H39AlO6. The molecule has 0 N–H and O–H groups in total. The van der Waals surface area contributed by atoms with E-state index in [1.807, 2.05) is 101 Å². The van der Waals surface area contributed by atoms with Crippen molar-refractivity contribution in [3.63, 3.8) is 0 Å². The molecule has 3 aromatic rings. The molecule has 0 saturated heterocycles. The van der Waals surface area contributed by atoms with Crippen LogP contribution in [0.4, 0.5) is 0 Å². The second-order valence-electron chi connectivity index (χ2n) is 10.3. The van der Waals surface area contributed by atoms with E-state index < -0.39 is 17.9 Å². The molecule has 3 rings (SSSR count). The SMILES string of the molecule is Cc1cc(C)c(C)c(C(=O)[O-])c1C.Cc1cc(C)c(C)c(C(=O)[O-])c1C.Cc1cc(C)c(C)c(C(=O)[O-])c1C.[Al+3]. The molecule has 0 radical (unpaired) electrons. The third-order valence-electron chi connectivity index (χ3n) is 7.71. The van der Waals surface area contributed by atoms with E-state index >= 15 is 0 Å². The predicted molar refractivity (Wildman–Crippen MR) is 155 cm³/mol. The molecule has 7 heteroatoms. The molecule has 0 aromatic heterocycles. The maximum absolute atomic E-state index is 10.8. The molecule has 0 aliphatic rings. The van der Waals surface area contributed by atoms with Gasteiger partial charge in [-0.1, -0.05) is 18.2 Å². The van der Waals surface area contributed by atoms with Crippen LogP contribution in [0.25, 0.3) is 0 Å². The minimum Gasteiger partial charge on any atom is -0.545 e. The number of carbonyl (C=O) groups excluding carboxylic acids is 3. The Labute approximate surface area is 249 Å². The van der Waals surface area contributed by atoms with Gasteiger partial charge in [0.2, 0.25) is 0 Å². The minimum absolute atomic E-state index is 0. The van der Waals surface area contributed by atoms with E-state index in [0.29, 0.717) is 16.7 Å². The van der Waals surface area contributed by atoms with Gasteiger partial charge in [0.05, 0.1) is 17.9 Å². The first-order valence-electron chi connectivity index (χ1n) is 12.7. The smallest absolute Gasteiger partial charge is 0.545 e. The summed E-state index contributed by atoms with van der Waals surface area (Å²) >= 11 is 0. The third kappa shape index (κ3) is 8.30. The summed E-state index contributed by atoms with van der Waals surface area (Å²) in [6, 6.07) is 5.99. The van der Waals surface area contributed by atoms with Crippen molar-refractivity contribution < 1.29 is 29.7 Å². The van der Waals surface area contributed by atoms with Gasteiger partial charge in [0.25, 0.3) is 0 Å². The number of aromatic carboxylic acids is 3. The standard InChI is InChI=1S/3C11H14O2.Al/c3*1-6-5-7(2)9(4)10(8(6)3)11(12)13;/h3*5H,1-4H3,(H,12,13);/q;;;+3/p-3. The number of carboxylic acids is 3. The quantitative estimate of drug-likeness (QED) is 0.454. The van der Waals surface area contributed by atoms with E-state index in [9.17, 15) is 29.7 Å². The largest absolute Gasteiger partial charge is 3.00 e. The average Bonchev–Trinajstić information content (AvgIpc) is 2.81. The minimum atomic E-state index is -1.08. The van der Waals surface area contributed by atoms with E-state index in [0.717, 1.165) is 66.8 Å². The Kier molecular flexibility index (Phi) is 13.6. The Morgan fingerprint density at radius 2 is 0.500 bits per heavy atom. The van der Waals surface area contributed by atoms with Gasteiger partial charge in [0, 0.05) is 16.7 Å². The summed E-state index contributed by atoms with van der Waals surface area (Å²) in [7, 11) is 0. The van der Waals surface area contributed by atoms with Crippen molar-refractivity contribution in [1.82, 2.24) is 0 Å². The Balaban J connectivity index is 0.000000563. The summed E-state index contributed by atoms with van der Waals surface area (Å²) in [4.78, 5) is 32.5. The molecule has 40 heavy (non-hydrogen) atoms. The Morgan fingerprint density at radius 3 is 0.600 bits per heavy atom. The summed E-state index contributed by atoms with van der Waals surface area (Å²) < 4.78 is 0. The zero-order valence-electron chi connectivity index (χ0n) is 25.8. The van der Waals surface area contributed by atoms with Crippen LogP contribution in [-0.4, -0.2) is 35.3 Å². The molecule has 0 spiro atoms. The number of benzene rings is 3. The molecule has 0 fully saturated rings. The van der Waals surface area contributed by atoms with Crippen molar-refractivity contribution in [3.05, 3.63) is 102 Å². The Morgan fingerprint density at radius 1 is 0.375 bits per heavy atom. The van der Waals surface area contributed by atoms with E-state index in [4.69, 9.17) is 0 Å². The van der Waals surface area contributed by atoms with Gasteiger partial charge in [0.1, 0.15) is 0 Å². The van der Waals surface area contributed by atoms with Gasteiger partial charge < -0.3 is 29.7 Å². The van der Waals surface area contributed by atoms with Crippen LogP contribution in [0.3, 0.4) is 0 Å². The molecule has 0 heterocycles. The first kappa shape index (κ1) is 36.6. The molecule has 0 unspecified atom stereocenters. The second-order valence-corrected chi connectivity index (χ2v) is 10.3. The van der Waals surface area contributed by atoms with Crippen LogP contribution >= 0.6 is 0 Å². The van der Waals surface area contributed by atoms with Crippen molar-refractivity contribution >= 4 is 35.3 Å². The molecule has 6 nitrogen and oxygen atoms in total. The monoisotopic (exact) mass is 558 g/mol. The topological polar surface area (TPSA) is 120 Å². The zero-order chi connectivity index (χ0) is 30.5. The van der Waals surface area contributed by atoms with Gasteiger partial charge in [-0.25, -0.2) is 0 Å². The van der Waals surface area contributed by atoms with E-state index in [1.54, 1.807) is 0 Å². The Hall–Kier alpha value is -3.40. The van der Waals surface area contributed by atoms with Gasteiger partial charge in [-0.15, -0.1) is 0 Å². The van der Waals surface area contributed by atoms with Crippen LogP contribution < -0.4 is 15.3 Å². The van der Waals surface area contributed by atoms with Crippen LogP contribution in [0.15, 0.2) is 18.2 Å². The summed E-state index contributed by atoms with van der Waals surface area (Å²) in [6.07, 6.45) is 0. The number of aryl methyl sites for hydroxylation is 6. The molecular weight excluding hydrogens is 519 g/mol. The molecule has 0 atom stereocenters. The molecule has 0 aliphatic heterocycles. The first-order valence-corrected chi connectivity index (χ1v) is 12.7. The summed E-state index contributed by atoms with van der Waals surface area (Å²) in [5.74, 6) is -3.24. The fraction of sp³-hybridized carbons (Fsp3) is 0.364. The van der Waals surface area contributed by atoms with E-state index in [-0.39, 0.29) is 17.4 Å². The van der Waals surface area contributed by atoms with E-state index in [1.165, 1.54) is 0 Å². The maximum Gasteiger partial charge on any atom is 3.00 e. The van der Waals surface area contributed by atoms with Crippen LogP contribution in [0, 0.1) is 83.1 Å². The summed E-state index contributed by atoms with van der Waals surface area (Å²) in [6.45, 7) is 22.3. The maximum atomic E-state index is 10.8. The fourth-order valence-electron chi connectivity index (χ4n) is 4.57. The van der Waals surface area contributed by atoms with Crippen molar-refractivity contribution in [1.29, 1.82) is 0 Å². The predicted octanol–water partition coefficient (Wildman–Crippen LogP) is 3.47. The van der Waals surface area contributed by atoms with Crippen LogP contribution in [-0.2, 0) is 0 Å². The van der Waals surface area contributed by atoms with Crippen LogP contribution in [0.1, 0.15) is 97.8 Å². The Bertz CT molecular complexity index is 1200. The van der Waals surface area contributed by atoms with Crippen molar-refractivity contribution in [3.8, 4) is 0 Å². The summed E-state index contributed by atoms with van der Waals surface area (Å²) in [5, 5.41) is 32.5. The van der Waals surface area contributed by atoms with Crippen LogP contribution in [0.5, 0.6) is 0 Å². The molecule has 3 aromatic carbocycles. The number of carboxylic acid groups (broad SMARTS) is 3. The van der Waals surface area contributed by atoms with Gasteiger partial charge in [-0.05, 0) is 150 Å². The van der Waals surface area contributed by atoms with Crippen molar-refractivity contribution in [2.45, 2.75) is 83.1 Å². The number of hydrogen-bond donors (Lipinski definition) is 0. The fourth-order valence-corrected chi connectivity index (χ4v) is 4.57. The van der Waals surface area contributed by atoms with Crippen LogP contribution in [0.2, 0.25) is 0 Å². The van der Waals surface area contributed by atoms with E-state index in [2.05, 4.69) is 0 Å². The van der Waals surface area contributed by atoms with Crippen molar-refractivity contribution in [2.24, 2.45) is 0 Å². The van der Waals surface area contributed by atoms with Gasteiger partial charge in [-0.2, -0.15) is 0 Å². The second kappa shape index (κ2) is 14.8.